The number of halogens is 1. The fourth-order valence-corrected chi connectivity index (χ4v) is 2.75. The van der Waals surface area contributed by atoms with Gasteiger partial charge < -0.3 is 10.6 Å². The summed E-state index contributed by atoms with van der Waals surface area (Å²) < 4.78 is 13.4. The number of thiophene rings is 1. The largest absolute Gasteiger partial charge is 0.395 e. The molecule has 0 amide bonds. The number of nitrogens with two attached hydrogens (primary N) is 1. The lowest BCUT2D eigenvalue weighted by Gasteiger charge is -2.28. The Bertz CT molecular complexity index is 511. The maximum Gasteiger partial charge on any atom is 0.148 e. The topological polar surface area (TPSA) is 29.3 Å². The van der Waals surface area contributed by atoms with Crippen LogP contribution in [0, 0.1) is 5.82 Å². The number of rotatable bonds is 4. The highest BCUT2D eigenvalue weighted by Crippen LogP contribution is 2.27. The molecule has 1 aromatic heterocycles. The highest BCUT2D eigenvalue weighted by molar-refractivity contribution is 7.09. The minimum atomic E-state index is -0.359. The van der Waals surface area contributed by atoms with E-state index >= 15 is 0 Å². The van der Waals surface area contributed by atoms with Crippen LogP contribution in [0.5, 0.6) is 0 Å². The lowest BCUT2D eigenvalue weighted by molar-refractivity contribution is 0.629. The number of benzene rings is 1. The first-order valence-electron chi connectivity index (χ1n) is 5.89. The molecule has 0 saturated heterocycles. The third-order valence-corrected chi connectivity index (χ3v) is 4.05. The Balaban J connectivity index is 2.15. The minimum absolute atomic E-state index is 0.220. The van der Waals surface area contributed by atoms with Gasteiger partial charge in [-0.2, -0.15) is 0 Å². The van der Waals surface area contributed by atoms with Crippen LogP contribution in [-0.2, 0) is 6.42 Å². The maximum atomic E-state index is 13.4. The van der Waals surface area contributed by atoms with Crippen molar-refractivity contribution in [2.24, 2.45) is 0 Å². The molecular formula is C14H17FN2S. The molecule has 96 valence electrons. The molecule has 2 rings (SSSR count). The second kappa shape index (κ2) is 5.40. The summed E-state index contributed by atoms with van der Waals surface area (Å²) in [6.07, 6.45) is 0.935. The van der Waals surface area contributed by atoms with Crippen LogP contribution in [-0.4, -0.2) is 13.1 Å². The Morgan fingerprint density at radius 2 is 2.11 bits per heavy atom. The molecule has 2 nitrogen and oxygen atoms in total. The van der Waals surface area contributed by atoms with Crippen LogP contribution < -0.4 is 10.6 Å². The smallest absolute Gasteiger partial charge is 0.148 e. The Morgan fingerprint density at radius 1 is 1.33 bits per heavy atom. The number of hydrogen-bond acceptors (Lipinski definition) is 3. The maximum absolute atomic E-state index is 13.4. The van der Waals surface area contributed by atoms with E-state index in [2.05, 4.69) is 18.4 Å². The molecule has 0 bridgehead atoms. The van der Waals surface area contributed by atoms with Gasteiger partial charge in [-0.05, 0) is 30.5 Å². The van der Waals surface area contributed by atoms with Gasteiger partial charge >= 0.3 is 0 Å². The highest BCUT2D eigenvalue weighted by atomic mass is 32.1. The third-order valence-electron chi connectivity index (χ3n) is 3.15. The van der Waals surface area contributed by atoms with E-state index in [4.69, 9.17) is 5.73 Å². The van der Waals surface area contributed by atoms with Crippen LogP contribution in [0.3, 0.4) is 0 Å². The van der Waals surface area contributed by atoms with Gasteiger partial charge in [-0.3, -0.25) is 0 Å². The number of likely N-dealkylation sites (N-methyl/N-ethyl adjacent to an activating group) is 1. The first-order valence-corrected chi connectivity index (χ1v) is 6.76. The van der Waals surface area contributed by atoms with Crippen molar-refractivity contribution < 1.29 is 4.39 Å². The number of nitrogen functional groups attached to an aromatic ring is 1. The fourth-order valence-electron chi connectivity index (χ4n) is 1.93. The molecule has 1 heterocycles. The predicted octanol–water partition coefficient (Wildman–Crippen LogP) is 3.54. The molecule has 0 aliphatic rings. The zero-order chi connectivity index (χ0) is 13.1. The molecule has 1 atom stereocenters. The monoisotopic (exact) mass is 264 g/mol. The fraction of sp³-hybridized carbons (Fsp3) is 0.286. The van der Waals surface area contributed by atoms with E-state index in [1.165, 1.54) is 10.9 Å². The van der Waals surface area contributed by atoms with E-state index < -0.39 is 0 Å². The average Bonchev–Trinajstić information content (AvgIpc) is 2.84. The van der Waals surface area contributed by atoms with Crippen molar-refractivity contribution in [1.82, 2.24) is 0 Å². The Kier molecular flexibility index (Phi) is 3.87. The van der Waals surface area contributed by atoms with Crippen LogP contribution in [0.4, 0.5) is 15.8 Å². The second-order valence-electron chi connectivity index (χ2n) is 4.42. The molecule has 0 saturated carbocycles. The van der Waals surface area contributed by atoms with E-state index in [1.807, 2.05) is 24.1 Å². The summed E-state index contributed by atoms with van der Waals surface area (Å²) >= 11 is 1.74. The van der Waals surface area contributed by atoms with Gasteiger partial charge in [0.15, 0.2) is 0 Å². The van der Waals surface area contributed by atoms with Gasteiger partial charge in [-0.1, -0.05) is 12.1 Å². The SMILES string of the molecule is CC(Cc1cccs1)N(C)c1cccc(F)c1N. The van der Waals surface area contributed by atoms with Crippen LogP contribution >= 0.6 is 11.3 Å². The average molecular weight is 264 g/mol. The number of para-hydroxylation sites is 1. The van der Waals surface area contributed by atoms with Gasteiger partial charge in [-0.25, -0.2) is 4.39 Å². The Morgan fingerprint density at radius 3 is 2.78 bits per heavy atom. The first-order chi connectivity index (χ1) is 8.59. The van der Waals surface area contributed by atoms with Crippen LogP contribution in [0.1, 0.15) is 11.8 Å². The summed E-state index contributed by atoms with van der Waals surface area (Å²) in [6, 6.07) is 9.36. The highest BCUT2D eigenvalue weighted by Gasteiger charge is 2.15. The summed E-state index contributed by atoms with van der Waals surface area (Å²) in [5.74, 6) is -0.359. The van der Waals surface area contributed by atoms with Crippen molar-refractivity contribution in [3.63, 3.8) is 0 Å². The molecule has 0 radical (unpaired) electrons. The van der Waals surface area contributed by atoms with Crippen molar-refractivity contribution >= 4 is 22.7 Å². The number of nitrogens with zero attached hydrogens (tertiary/aromatic N) is 1. The zero-order valence-corrected chi connectivity index (χ0v) is 11.4. The molecule has 18 heavy (non-hydrogen) atoms. The van der Waals surface area contributed by atoms with Crippen molar-refractivity contribution in [2.75, 3.05) is 17.7 Å². The van der Waals surface area contributed by atoms with Crippen molar-refractivity contribution in [2.45, 2.75) is 19.4 Å². The van der Waals surface area contributed by atoms with E-state index in [-0.39, 0.29) is 17.5 Å². The van der Waals surface area contributed by atoms with Gasteiger partial charge in [0.05, 0.1) is 11.4 Å². The summed E-state index contributed by atoms with van der Waals surface area (Å²) in [5.41, 5.74) is 6.75. The Hall–Kier alpha value is -1.55. The van der Waals surface area contributed by atoms with Gasteiger partial charge in [0.25, 0.3) is 0 Å². The first kappa shape index (κ1) is 12.9. The molecule has 0 aliphatic heterocycles. The summed E-state index contributed by atoms with van der Waals surface area (Å²) in [7, 11) is 1.95. The molecule has 0 fully saturated rings. The molecular weight excluding hydrogens is 247 g/mol. The molecule has 0 aliphatic carbocycles. The van der Waals surface area contributed by atoms with Crippen LogP contribution in [0.25, 0.3) is 0 Å². The standard InChI is InChI=1S/C14H17FN2S/c1-10(9-11-5-4-8-18-11)17(2)13-7-3-6-12(15)14(13)16/h3-8,10H,9,16H2,1-2H3. The molecule has 2 aromatic rings. The van der Waals surface area contributed by atoms with Crippen LogP contribution in [0.15, 0.2) is 35.7 Å². The quantitative estimate of drug-likeness (QED) is 0.856. The van der Waals surface area contributed by atoms with E-state index in [0.717, 1.165) is 12.1 Å². The summed E-state index contributed by atoms with van der Waals surface area (Å²) in [5, 5.41) is 2.07. The van der Waals surface area contributed by atoms with Gasteiger partial charge in [0, 0.05) is 24.4 Å². The van der Waals surface area contributed by atoms with Gasteiger partial charge in [-0.15, -0.1) is 11.3 Å². The second-order valence-corrected chi connectivity index (χ2v) is 5.45. The lowest BCUT2D eigenvalue weighted by Crippen LogP contribution is -2.31. The van der Waals surface area contributed by atoms with Gasteiger partial charge in [0.2, 0.25) is 0 Å². The normalized spacial score (nSPS) is 12.4. The van der Waals surface area contributed by atoms with E-state index in [9.17, 15) is 4.39 Å². The van der Waals surface area contributed by atoms with Crippen molar-refractivity contribution in [3.05, 3.63) is 46.4 Å². The van der Waals surface area contributed by atoms with E-state index in [1.54, 1.807) is 17.4 Å². The Labute approximate surface area is 111 Å². The predicted molar refractivity (Wildman–Crippen MR) is 76.7 cm³/mol. The molecule has 0 spiro atoms. The summed E-state index contributed by atoms with van der Waals surface area (Å²) in [4.78, 5) is 3.35. The van der Waals surface area contributed by atoms with Gasteiger partial charge in [0.1, 0.15) is 5.82 Å². The molecule has 1 aromatic carbocycles. The number of hydrogen-bond donors (Lipinski definition) is 1. The van der Waals surface area contributed by atoms with Crippen molar-refractivity contribution in [3.8, 4) is 0 Å². The number of anilines is 2. The third kappa shape index (κ3) is 2.64. The van der Waals surface area contributed by atoms with E-state index in [0.29, 0.717) is 0 Å². The summed E-state index contributed by atoms with van der Waals surface area (Å²) in [6.45, 7) is 2.12. The van der Waals surface area contributed by atoms with Crippen LogP contribution in [0.2, 0.25) is 0 Å². The lowest BCUT2D eigenvalue weighted by atomic mass is 10.1. The molecule has 1 unspecified atom stereocenters. The van der Waals surface area contributed by atoms with Crippen molar-refractivity contribution in [1.29, 1.82) is 0 Å². The molecule has 4 heteroatoms. The molecule has 2 N–H and O–H groups in total. The zero-order valence-electron chi connectivity index (χ0n) is 10.6. The minimum Gasteiger partial charge on any atom is -0.395 e.